The molecule has 0 spiro atoms. The molecule has 0 nitrogen and oxygen atoms in total. The van der Waals surface area contributed by atoms with Gasteiger partial charge in [0.1, 0.15) is 0 Å². The van der Waals surface area contributed by atoms with E-state index >= 15 is 0 Å². The molecule has 1 aromatic carbocycles. The lowest BCUT2D eigenvalue weighted by Gasteiger charge is -2.12. The first-order valence-corrected chi connectivity index (χ1v) is 4.13. The Morgan fingerprint density at radius 2 is 1.69 bits per heavy atom. The second-order valence-electron chi connectivity index (χ2n) is 2.89. The second-order valence-corrected chi connectivity index (χ2v) is 2.89. The molecule has 3 heteroatoms. The van der Waals surface area contributed by atoms with Crippen molar-refractivity contribution in [1.82, 2.24) is 0 Å². The minimum atomic E-state index is -3.34. The first-order valence-electron chi connectivity index (χ1n) is 4.13. The van der Waals surface area contributed by atoms with Crippen LogP contribution in [0.4, 0.5) is 13.2 Å². The van der Waals surface area contributed by atoms with E-state index in [2.05, 4.69) is 0 Å². The van der Waals surface area contributed by atoms with Crippen molar-refractivity contribution in [1.29, 1.82) is 0 Å². The van der Waals surface area contributed by atoms with E-state index in [-0.39, 0.29) is 5.56 Å². The molecule has 0 saturated carbocycles. The van der Waals surface area contributed by atoms with Gasteiger partial charge in [0.2, 0.25) is 0 Å². The van der Waals surface area contributed by atoms with Gasteiger partial charge in [0.05, 0.1) is 0 Å². The second kappa shape index (κ2) is 3.81. The highest BCUT2D eigenvalue weighted by Gasteiger charge is 2.31. The average Bonchev–Trinajstić information content (AvgIpc) is 2.18. The lowest BCUT2D eigenvalue weighted by Crippen LogP contribution is -2.15. The van der Waals surface area contributed by atoms with Crippen LogP contribution < -0.4 is 0 Å². The third kappa shape index (κ3) is 2.23. The maximum Gasteiger partial charge on any atom is 0.301 e. The van der Waals surface area contributed by atoms with Crippen LogP contribution in [0.5, 0.6) is 0 Å². The van der Waals surface area contributed by atoms with Crippen molar-refractivity contribution < 1.29 is 13.2 Å². The van der Waals surface area contributed by atoms with E-state index < -0.39 is 12.6 Å². The third-order valence-electron chi connectivity index (χ3n) is 1.95. The lowest BCUT2D eigenvalue weighted by atomic mass is 10.1. The fourth-order valence-corrected chi connectivity index (χ4v) is 1.06. The quantitative estimate of drug-likeness (QED) is 0.682. The molecular weight excluding hydrogens is 177 g/mol. The molecule has 0 fully saturated rings. The molecular formula is C10H11F3. The molecule has 0 aliphatic carbocycles. The Morgan fingerprint density at radius 1 is 1.15 bits per heavy atom. The number of hydrogen-bond acceptors (Lipinski definition) is 0. The van der Waals surface area contributed by atoms with E-state index in [0.29, 0.717) is 0 Å². The van der Waals surface area contributed by atoms with Crippen LogP contribution in [0.1, 0.15) is 18.1 Å². The number of hydrogen-bond donors (Lipinski definition) is 0. The fourth-order valence-electron chi connectivity index (χ4n) is 1.06. The molecule has 0 amide bonds. The summed E-state index contributed by atoms with van der Waals surface area (Å²) in [6.45, 7) is 0.292. The molecule has 1 aromatic rings. The van der Waals surface area contributed by atoms with Crippen molar-refractivity contribution in [2.24, 2.45) is 0 Å². The summed E-state index contributed by atoms with van der Waals surface area (Å²) in [5, 5.41) is 0. The van der Waals surface area contributed by atoms with Crippen LogP contribution in [0, 0.1) is 0 Å². The maximum atomic E-state index is 12.7. The van der Waals surface area contributed by atoms with Crippen molar-refractivity contribution >= 4 is 0 Å². The van der Waals surface area contributed by atoms with Crippen molar-refractivity contribution in [3.63, 3.8) is 0 Å². The predicted molar refractivity (Wildman–Crippen MR) is 45.7 cm³/mol. The van der Waals surface area contributed by atoms with Gasteiger partial charge in [0, 0.05) is 5.56 Å². The van der Waals surface area contributed by atoms with E-state index in [9.17, 15) is 13.2 Å². The zero-order chi connectivity index (χ0) is 9.90. The van der Waals surface area contributed by atoms with Gasteiger partial charge in [-0.15, -0.1) is 0 Å². The SMILES string of the molecule is CCc1ccc(C(F)(F)CF)cc1. The van der Waals surface area contributed by atoms with Crippen molar-refractivity contribution in [3.05, 3.63) is 35.4 Å². The van der Waals surface area contributed by atoms with E-state index in [1.54, 1.807) is 12.1 Å². The summed E-state index contributed by atoms with van der Waals surface area (Å²) in [5.41, 5.74) is 0.714. The topological polar surface area (TPSA) is 0 Å². The van der Waals surface area contributed by atoms with E-state index in [0.717, 1.165) is 12.0 Å². The molecule has 13 heavy (non-hydrogen) atoms. The van der Waals surface area contributed by atoms with E-state index in [1.165, 1.54) is 12.1 Å². The highest BCUT2D eigenvalue weighted by atomic mass is 19.3. The summed E-state index contributed by atoms with van der Waals surface area (Å²) in [5.74, 6) is -3.34. The van der Waals surface area contributed by atoms with E-state index in [1.807, 2.05) is 6.92 Å². The summed E-state index contributed by atoms with van der Waals surface area (Å²) >= 11 is 0. The molecule has 0 unspecified atom stereocenters. The predicted octanol–water partition coefficient (Wildman–Crippen LogP) is 3.31. The van der Waals surface area contributed by atoms with Crippen LogP contribution >= 0.6 is 0 Å². The zero-order valence-corrected chi connectivity index (χ0v) is 7.36. The summed E-state index contributed by atoms with van der Waals surface area (Å²) in [6.07, 6.45) is 0.793. The molecule has 0 saturated heterocycles. The van der Waals surface area contributed by atoms with Gasteiger partial charge in [-0.3, -0.25) is 0 Å². The Labute approximate surface area is 75.4 Å². The van der Waals surface area contributed by atoms with Crippen molar-refractivity contribution in [2.75, 3.05) is 6.67 Å². The Balaban J connectivity index is 2.92. The molecule has 72 valence electrons. The fraction of sp³-hybridized carbons (Fsp3) is 0.400. The summed E-state index contributed by atoms with van der Waals surface area (Å²) in [7, 11) is 0. The van der Waals surface area contributed by atoms with Crippen LogP contribution in [0.2, 0.25) is 0 Å². The molecule has 0 radical (unpaired) electrons. The van der Waals surface area contributed by atoms with Crippen LogP contribution in [-0.4, -0.2) is 6.67 Å². The first-order chi connectivity index (χ1) is 6.10. The summed E-state index contributed by atoms with van der Waals surface area (Å²) in [4.78, 5) is 0. The largest absolute Gasteiger partial charge is 0.301 e. The smallest absolute Gasteiger partial charge is 0.244 e. The third-order valence-corrected chi connectivity index (χ3v) is 1.95. The standard InChI is InChI=1S/C10H11F3/c1-2-8-3-5-9(6-4-8)10(12,13)7-11/h3-6H,2,7H2,1H3. The minimum absolute atomic E-state index is 0.257. The Hall–Kier alpha value is -0.990. The molecule has 1 rings (SSSR count). The van der Waals surface area contributed by atoms with Gasteiger partial charge < -0.3 is 0 Å². The Kier molecular flexibility index (Phi) is 2.96. The van der Waals surface area contributed by atoms with Crippen LogP contribution in [0.3, 0.4) is 0 Å². The molecule has 0 aromatic heterocycles. The number of alkyl halides is 3. The van der Waals surface area contributed by atoms with Crippen molar-refractivity contribution in [3.8, 4) is 0 Å². The molecule has 0 atom stereocenters. The minimum Gasteiger partial charge on any atom is -0.244 e. The number of aryl methyl sites for hydroxylation is 1. The first kappa shape index (κ1) is 10.1. The van der Waals surface area contributed by atoms with E-state index in [4.69, 9.17) is 0 Å². The number of halogens is 3. The highest BCUT2D eigenvalue weighted by molar-refractivity contribution is 5.25. The van der Waals surface area contributed by atoms with Gasteiger partial charge in [-0.2, -0.15) is 8.78 Å². The highest BCUT2D eigenvalue weighted by Crippen LogP contribution is 2.28. The van der Waals surface area contributed by atoms with Gasteiger partial charge >= 0.3 is 5.92 Å². The zero-order valence-electron chi connectivity index (χ0n) is 7.36. The van der Waals surface area contributed by atoms with Gasteiger partial charge in [-0.1, -0.05) is 31.2 Å². The summed E-state index contributed by atoms with van der Waals surface area (Å²) < 4.78 is 37.4. The Bertz CT molecular complexity index is 264. The van der Waals surface area contributed by atoms with Crippen LogP contribution in [0.25, 0.3) is 0 Å². The maximum absolute atomic E-state index is 12.7. The van der Waals surface area contributed by atoms with Crippen molar-refractivity contribution in [2.45, 2.75) is 19.3 Å². The summed E-state index contributed by atoms with van der Waals surface area (Å²) in [6, 6.07) is 5.74. The van der Waals surface area contributed by atoms with Gasteiger partial charge in [-0.25, -0.2) is 4.39 Å². The molecule has 0 N–H and O–H groups in total. The normalized spacial score (nSPS) is 11.7. The number of benzene rings is 1. The molecule has 0 aliphatic heterocycles. The monoisotopic (exact) mass is 188 g/mol. The molecule has 0 aliphatic rings. The van der Waals surface area contributed by atoms with Crippen LogP contribution in [-0.2, 0) is 12.3 Å². The van der Waals surface area contributed by atoms with Gasteiger partial charge in [-0.05, 0) is 12.0 Å². The Morgan fingerprint density at radius 3 is 2.08 bits per heavy atom. The van der Waals surface area contributed by atoms with Gasteiger partial charge in [0.15, 0.2) is 6.67 Å². The van der Waals surface area contributed by atoms with Crippen LogP contribution in [0.15, 0.2) is 24.3 Å². The molecule has 0 bridgehead atoms. The van der Waals surface area contributed by atoms with Gasteiger partial charge in [0.25, 0.3) is 0 Å². The lowest BCUT2D eigenvalue weighted by molar-refractivity contribution is -0.0280. The average molecular weight is 188 g/mol. The molecule has 0 heterocycles. The number of rotatable bonds is 3.